The Balaban J connectivity index is 1.10. The fraction of sp³-hybridized carbons (Fsp3) is 0. The molecule has 3 heteroatoms. The average molecular weight is 703 g/mol. The van der Waals surface area contributed by atoms with Crippen molar-refractivity contribution in [2.45, 2.75) is 0 Å². The van der Waals surface area contributed by atoms with Crippen molar-refractivity contribution in [2.75, 3.05) is 4.90 Å². The molecule has 0 spiro atoms. The van der Waals surface area contributed by atoms with E-state index >= 15 is 0 Å². The number of aromatic nitrogens is 1. The van der Waals surface area contributed by atoms with E-state index < -0.39 is 0 Å². The van der Waals surface area contributed by atoms with Gasteiger partial charge in [-0.3, -0.25) is 0 Å². The van der Waals surface area contributed by atoms with Crippen molar-refractivity contribution in [2.24, 2.45) is 0 Å². The largest absolute Gasteiger partial charge is 0.454 e. The third-order valence-electron chi connectivity index (χ3n) is 10.9. The first-order chi connectivity index (χ1) is 27.3. The number of benzene rings is 9. The molecule has 0 aliphatic carbocycles. The molecule has 3 nitrogen and oxygen atoms in total. The highest BCUT2D eigenvalue weighted by molar-refractivity contribution is 6.14. The predicted octanol–water partition coefficient (Wildman–Crippen LogP) is 14.6. The second-order valence-electron chi connectivity index (χ2n) is 14.2. The van der Waals surface area contributed by atoms with Gasteiger partial charge in [-0.25, -0.2) is 0 Å². The van der Waals surface area contributed by atoms with E-state index in [-0.39, 0.29) is 0 Å². The third-order valence-corrected chi connectivity index (χ3v) is 10.9. The maximum Gasteiger partial charge on any atom is 0.159 e. The van der Waals surface area contributed by atoms with E-state index in [0.717, 1.165) is 55.8 Å². The first kappa shape index (κ1) is 31.2. The lowest BCUT2D eigenvalue weighted by molar-refractivity contribution is 0.669. The summed E-state index contributed by atoms with van der Waals surface area (Å²) in [5.41, 5.74) is 13.0. The van der Waals surface area contributed by atoms with Crippen LogP contribution in [0.2, 0.25) is 0 Å². The summed E-state index contributed by atoms with van der Waals surface area (Å²) in [5, 5.41) is 7.18. The smallest absolute Gasteiger partial charge is 0.159 e. The SMILES string of the molecule is c1ccc(-c2ccc(N(c3cccc(-c4ccc5c6cc7ccccc7cc6n(-c6ccccc6)c5c4)c3)c3cccc4c3oc3ccccc34)cc2)cc1. The molecule has 0 aliphatic heterocycles. The highest BCUT2D eigenvalue weighted by Gasteiger charge is 2.21. The van der Waals surface area contributed by atoms with Crippen LogP contribution in [0, 0.1) is 0 Å². The Bertz CT molecular complexity index is 3190. The molecule has 2 aromatic heterocycles. The van der Waals surface area contributed by atoms with E-state index in [2.05, 4.69) is 204 Å². The molecular formula is C52H34N2O. The number of furan rings is 1. The van der Waals surface area contributed by atoms with Gasteiger partial charge >= 0.3 is 0 Å². The summed E-state index contributed by atoms with van der Waals surface area (Å²) in [7, 11) is 0. The molecular weight excluding hydrogens is 669 g/mol. The molecule has 0 saturated carbocycles. The zero-order valence-electron chi connectivity index (χ0n) is 29.9. The van der Waals surface area contributed by atoms with Crippen LogP contribution in [-0.2, 0) is 0 Å². The molecule has 0 aliphatic rings. The van der Waals surface area contributed by atoms with Crippen LogP contribution in [0.3, 0.4) is 0 Å². The minimum atomic E-state index is 0.863. The van der Waals surface area contributed by atoms with Crippen LogP contribution in [0.1, 0.15) is 0 Å². The second kappa shape index (κ2) is 12.6. The zero-order valence-corrected chi connectivity index (χ0v) is 29.9. The molecule has 0 amide bonds. The lowest BCUT2D eigenvalue weighted by Gasteiger charge is -2.26. The number of rotatable bonds is 6. The first-order valence-electron chi connectivity index (χ1n) is 18.8. The van der Waals surface area contributed by atoms with Gasteiger partial charge in [0.25, 0.3) is 0 Å². The van der Waals surface area contributed by atoms with Gasteiger partial charge in [-0.15, -0.1) is 0 Å². The molecule has 0 saturated heterocycles. The number of hydrogen-bond acceptors (Lipinski definition) is 2. The van der Waals surface area contributed by atoms with E-state index in [4.69, 9.17) is 4.42 Å². The zero-order chi connectivity index (χ0) is 36.3. The van der Waals surface area contributed by atoms with Gasteiger partial charge in [-0.05, 0) is 99.8 Å². The van der Waals surface area contributed by atoms with Crippen LogP contribution in [0.15, 0.2) is 211 Å². The maximum absolute atomic E-state index is 6.63. The molecule has 11 rings (SSSR count). The van der Waals surface area contributed by atoms with Crippen molar-refractivity contribution in [1.29, 1.82) is 0 Å². The molecule has 0 bridgehead atoms. The van der Waals surface area contributed by atoms with Crippen LogP contribution in [-0.4, -0.2) is 4.57 Å². The summed E-state index contributed by atoms with van der Waals surface area (Å²) in [5.74, 6) is 0. The summed E-state index contributed by atoms with van der Waals surface area (Å²) in [6, 6.07) is 73.9. The molecule has 55 heavy (non-hydrogen) atoms. The molecule has 258 valence electrons. The number of hydrogen-bond donors (Lipinski definition) is 0. The molecule has 0 radical (unpaired) electrons. The highest BCUT2D eigenvalue weighted by atomic mass is 16.3. The molecule has 0 N–H and O–H groups in total. The van der Waals surface area contributed by atoms with Crippen LogP contribution in [0.5, 0.6) is 0 Å². The Morgan fingerprint density at radius 3 is 1.82 bits per heavy atom. The summed E-state index contributed by atoms with van der Waals surface area (Å²) in [6.45, 7) is 0. The number of anilines is 3. The Morgan fingerprint density at radius 1 is 0.364 bits per heavy atom. The number of nitrogens with zero attached hydrogens (tertiary/aromatic N) is 2. The van der Waals surface area contributed by atoms with E-state index in [0.29, 0.717) is 0 Å². The lowest BCUT2D eigenvalue weighted by atomic mass is 10.0. The first-order valence-corrected chi connectivity index (χ1v) is 18.8. The lowest BCUT2D eigenvalue weighted by Crippen LogP contribution is -2.10. The predicted molar refractivity (Wildman–Crippen MR) is 231 cm³/mol. The standard InChI is InChI=1S/C52H34N2O/c1-3-13-35(14-4-1)36-25-28-42(29-26-36)53(48-23-12-22-46-45-21-9-10-24-51(45)55-52(46)48)43-20-11-17-37(31-43)40-27-30-44-47-32-38-15-7-8-16-39(38)33-50(47)54(49(44)34-40)41-18-5-2-6-19-41/h1-34H. The van der Waals surface area contributed by atoms with Gasteiger partial charge in [0, 0.05) is 38.6 Å². The molecule has 0 atom stereocenters. The van der Waals surface area contributed by atoms with E-state index in [1.807, 2.05) is 12.1 Å². The quantitative estimate of drug-likeness (QED) is 0.172. The van der Waals surface area contributed by atoms with Gasteiger partial charge in [-0.1, -0.05) is 140 Å². The van der Waals surface area contributed by atoms with Gasteiger partial charge in [0.1, 0.15) is 5.58 Å². The fourth-order valence-electron chi connectivity index (χ4n) is 8.33. The highest BCUT2D eigenvalue weighted by Crippen LogP contribution is 2.44. The van der Waals surface area contributed by atoms with Crippen molar-refractivity contribution in [3.63, 3.8) is 0 Å². The molecule has 0 unspecified atom stereocenters. The van der Waals surface area contributed by atoms with Crippen molar-refractivity contribution in [3.05, 3.63) is 206 Å². The van der Waals surface area contributed by atoms with Crippen molar-refractivity contribution >= 4 is 71.6 Å². The van der Waals surface area contributed by atoms with Crippen molar-refractivity contribution in [1.82, 2.24) is 4.57 Å². The average Bonchev–Trinajstić information content (AvgIpc) is 3.79. The molecule has 9 aromatic carbocycles. The minimum Gasteiger partial charge on any atom is -0.454 e. The Kier molecular flexibility index (Phi) is 7.17. The van der Waals surface area contributed by atoms with Gasteiger partial charge in [0.15, 0.2) is 5.58 Å². The fourth-order valence-corrected chi connectivity index (χ4v) is 8.33. The Morgan fingerprint density at radius 2 is 0.982 bits per heavy atom. The summed E-state index contributed by atoms with van der Waals surface area (Å²) < 4.78 is 9.04. The van der Waals surface area contributed by atoms with Crippen LogP contribution >= 0.6 is 0 Å². The van der Waals surface area contributed by atoms with Gasteiger partial charge in [0.05, 0.1) is 16.7 Å². The summed E-state index contributed by atoms with van der Waals surface area (Å²) >= 11 is 0. The van der Waals surface area contributed by atoms with Crippen LogP contribution < -0.4 is 4.90 Å². The van der Waals surface area contributed by atoms with Crippen molar-refractivity contribution < 1.29 is 4.42 Å². The van der Waals surface area contributed by atoms with E-state index in [9.17, 15) is 0 Å². The maximum atomic E-state index is 6.63. The van der Waals surface area contributed by atoms with Gasteiger partial charge in [-0.2, -0.15) is 0 Å². The third kappa shape index (κ3) is 5.20. The van der Waals surface area contributed by atoms with Gasteiger partial charge in [0.2, 0.25) is 0 Å². The van der Waals surface area contributed by atoms with Crippen LogP contribution in [0.25, 0.3) is 82.5 Å². The Hall–Kier alpha value is -7.36. The molecule has 0 fully saturated rings. The van der Waals surface area contributed by atoms with Crippen molar-refractivity contribution in [3.8, 4) is 27.9 Å². The molecule has 11 aromatic rings. The minimum absolute atomic E-state index is 0.863. The second-order valence-corrected chi connectivity index (χ2v) is 14.2. The molecule has 2 heterocycles. The monoisotopic (exact) mass is 702 g/mol. The number of fused-ring (bicyclic) bond motifs is 7. The summed E-state index contributed by atoms with van der Waals surface area (Å²) in [4.78, 5) is 2.33. The van der Waals surface area contributed by atoms with Crippen LogP contribution in [0.4, 0.5) is 17.1 Å². The van der Waals surface area contributed by atoms with E-state index in [1.165, 1.54) is 43.7 Å². The summed E-state index contributed by atoms with van der Waals surface area (Å²) in [6.07, 6.45) is 0. The Labute approximate surface area is 318 Å². The van der Waals surface area contributed by atoms with Gasteiger partial charge < -0.3 is 13.9 Å². The number of para-hydroxylation sites is 3. The topological polar surface area (TPSA) is 21.3 Å². The normalized spacial score (nSPS) is 11.6. The van der Waals surface area contributed by atoms with E-state index in [1.54, 1.807) is 0 Å².